The molecule has 1 aliphatic rings. The van der Waals surface area contributed by atoms with E-state index in [4.69, 9.17) is 5.14 Å². The van der Waals surface area contributed by atoms with Crippen molar-refractivity contribution >= 4 is 15.9 Å². The van der Waals surface area contributed by atoms with Crippen molar-refractivity contribution in [1.82, 2.24) is 4.90 Å². The SMILES string of the molecule is CC(C)(O)CCc1cccc(C(=O)N2CC[C@H](CS(N)(=O)=O)C2)c1. The number of likely N-dealkylation sites (tertiary alicyclic amines) is 1. The van der Waals surface area contributed by atoms with Crippen LogP contribution in [0.3, 0.4) is 0 Å². The third-order valence-corrected chi connectivity index (χ3v) is 5.18. The zero-order chi connectivity index (χ0) is 18.0. The van der Waals surface area contributed by atoms with E-state index in [9.17, 15) is 18.3 Å². The first-order chi connectivity index (χ1) is 11.0. The molecule has 1 atom stereocenters. The van der Waals surface area contributed by atoms with Gasteiger partial charge in [-0.15, -0.1) is 0 Å². The minimum Gasteiger partial charge on any atom is -0.390 e. The van der Waals surface area contributed by atoms with Crippen molar-refractivity contribution in [2.24, 2.45) is 11.1 Å². The van der Waals surface area contributed by atoms with Crippen molar-refractivity contribution in [3.63, 3.8) is 0 Å². The van der Waals surface area contributed by atoms with Crippen LogP contribution >= 0.6 is 0 Å². The summed E-state index contributed by atoms with van der Waals surface area (Å²) in [5, 5.41) is 14.9. The summed E-state index contributed by atoms with van der Waals surface area (Å²) in [6.45, 7) is 4.49. The Morgan fingerprint density at radius 3 is 2.75 bits per heavy atom. The van der Waals surface area contributed by atoms with Crippen molar-refractivity contribution < 1.29 is 18.3 Å². The molecular weight excluding hydrogens is 328 g/mol. The van der Waals surface area contributed by atoms with Crippen LogP contribution < -0.4 is 5.14 Å². The van der Waals surface area contributed by atoms with E-state index < -0.39 is 15.6 Å². The lowest BCUT2D eigenvalue weighted by molar-refractivity contribution is 0.0714. The number of benzene rings is 1. The van der Waals surface area contributed by atoms with E-state index >= 15 is 0 Å². The fraction of sp³-hybridized carbons (Fsp3) is 0.588. The van der Waals surface area contributed by atoms with E-state index in [1.54, 1.807) is 24.8 Å². The Bertz CT molecular complexity index is 695. The van der Waals surface area contributed by atoms with Crippen LogP contribution in [0.2, 0.25) is 0 Å². The second-order valence-electron chi connectivity index (χ2n) is 7.25. The molecule has 0 aromatic heterocycles. The fourth-order valence-electron chi connectivity index (χ4n) is 2.97. The Kier molecular flexibility index (Phi) is 5.67. The van der Waals surface area contributed by atoms with Crippen LogP contribution in [-0.2, 0) is 16.4 Å². The number of sulfonamides is 1. The molecule has 0 saturated carbocycles. The third kappa shape index (κ3) is 5.89. The number of carbonyl (C=O) groups is 1. The quantitative estimate of drug-likeness (QED) is 0.800. The normalized spacial score (nSPS) is 18.8. The highest BCUT2D eigenvalue weighted by molar-refractivity contribution is 7.89. The smallest absolute Gasteiger partial charge is 0.253 e. The number of aliphatic hydroxyl groups is 1. The minimum absolute atomic E-state index is 0.0810. The summed E-state index contributed by atoms with van der Waals surface area (Å²) in [5.74, 6) is -0.262. The van der Waals surface area contributed by atoms with Crippen molar-refractivity contribution in [2.75, 3.05) is 18.8 Å². The zero-order valence-corrected chi connectivity index (χ0v) is 15.1. The number of rotatable bonds is 6. The Hall–Kier alpha value is -1.44. The van der Waals surface area contributed by atoms with Crippen LogP contribution in [0.4, 0.5) is 0 Å². The fourth-order valence-corrected chi connectivity index (χ4v) is 3.90. The molecule has 0 bridgehead atoms. The van der Waals surface area contributed by atoms with E-state index in [0.717, 1.165) is 5.56 Å². The Balaban J connectivity index is 2.00. The molecule has 7 heteroatoms. The number of hydrogen-bond donors (Lipinski definition) is 2. The standard InChI is InChI=1S/C17H26N2O4S/c1-17(2,21)8-6-13-4-3-5-15(10-13)16(20)19-9-7-14(11-19)12-24(18,22)23/h3-5,10,14,21H,6-9,11-12H2,1-2H3,(H2,18,22,23)/t14-/m0/s1. The maximum absolute atomic E-state index is 12.6. The van der Waals surface area contributed by atoms with E-state index in [-0.39, 0.29) is 17.6 Å². The molecule has 1 aliphatic heterocycles. The number of amides is 1. The van der Waals surface area contributed by atoms with Crippen molar-refractivity contribution in [2.45, 2.75) is 38.7 Å². The van der Waals surface area contributed by atoms with E-state index in [2.05, 4.69) is 0 Å². The predicted octanol–water partition coefficient (Wildman–Crippen LogP) is 1.14. The highest BCUT2D eigenvalue weighted by Crippen LogP contribution is 2.21. The Morgan fingerprint density at radius 1 is 1.42 bits per heavy atom. The summed E-state index contributed by atoms with van der Waals surface area (Å²) in [6, 6.07) is 7.39. The van der Waals surface area contributed by atoms with E-state index in [1.807, 2.05) is 18.2 Å². The molecule has 134 valence electrons. The number of hydrogen-bond acceptors (Lipinski definition) is 4. The molecule has 1 aromatic rings. The highest BCUT2D eigenvalue weighted by Gasteiger charge is 2.29. The summed E-state index contributed by atoms with van der Waals surface area (Å²) in [6.07, 6.45) is 1.96. The van der Waals surface area contributed by atoms with Crippen LogP contribution in [-0.4, -0.2) is 48.8 Å². The van der Waals surface area contributed by atoms with E-state index in [0.29, 0.717) is 37.9 Å². The molecule has 0 aliphatic carbocycles. The highest BCUT2D eigenvalue weighted by atomic mass is 32.2. The molecule has 24 heavy (non-hydrogen) atoms. The monoisotopic (exact) mass is 354 g/mol. The van der Waals surface area contributed by atoms with Gasteiger partial charge in [0, 0.05) is 18.7 Å². The van der Waals surface area contributed by atoms with Crippen molar-refractivity contribution in [3.05, 3.63) is 35.4 Å². The molecule has 0 radical (unpaired) electrons. The Labute approximate surface area is 143 Å². The van der Waals surface area contributed by atoms with E-state index in [1.165, 1.54) is 0 Å². The first-order valence-electron chi connectivity index (χ1n) is 8.14. The molecule has 3 N–H and O–H groups in total. The molecule has 0 spiro atoms. The molecule has 1 fully saturated rings. The minimum atomic E-state index is -3.51. The Morgan fingerprint density at radius 2 is 2.12 bits per heavy atom. The van der Waals surface area contributed by atoms with Gasteiger partial charge in [-0.05, 0) is 56.7 Å². The van der Waals surface area contributed by atoms with Crippen LogP contribution in [0.1, 0.15) is 42.6 Å². The van der Waals surface area contributed by atoms with Gasteiger partial charge in [0.25, 0.3) is 5.91 Å². The van der Waals surface area contributed by atoms with Gasteiger partial charge in [-0.1, -0.05) is 12.1 Å². The van der Waals surface area contributed by atoms with Gasteiger partial charge < -0.3 is 10.0 Å². The van der Waals surface area contributed by atoms with Crippen molar-refractivity contribution in [1.29, 1.82) is 0 Å². The van der Waals surface area contributed by atoms with Crippen LogP contribution in [0, 0.1) is 5.92 Å². The van der Waals surface area contributed by atoms with Crippen molar-refractivity contribution in [3.8, 4) is 0 Å². The van der Waals surface area contributed by atoms with Crippen LogP contribution in [0.25, 0.3) is 0 Å². The average Bonchev–Trinajstić information content (AvgIpc) is 2.90. The molecule has 6 nitrogen and oxygen atoms in total. The summed E-state index contributed by atoms with van der Waals surface area (Å²) in [7, 11) is -3.51. The summed E-state index contributed by atoms with van der Waals surface area (Å²) < 4.78 is 22.4. The maximum atomic E-state index is 12.6. The van der Waals surface area contributed by atoms with Gasteiger partial charge in [0.05, 0.1) is 11.4 Å². The first kappa shape index (κ1) is 18.9. The van der Waals surface area contributed by atoms with Gasteiger partial charge in [-0.25, -0.2) is 13.6 Å². The maximum Gasteiger partial charge on any atom is 0.253 e. The van der Waals surface area contributed by atoms with Gasteiger partial charge in [0.15, 0.2) is 0 Å². The molecular formula is C17H26N2O4S. The topological polar surface area (TPSA) is 101 Å². The molecule has 1 amide bonds. The van der Waals surface area contributed by atoms with Gasteiger partial charge in [-0.2, -0.15) is 0 Å². The molecule has 2 rings (SSSR count). The largest absolute Gasteiger partial charge is 0.390 e. The first-order valence-corrected chi connectivity index (χ1v) is 9.86. The lowest BCUT2D eigenvalue weighted by Gasteiger charge is -2.18. The number of nitrogens with zero attached hydrogens (tertiary/aromatic N) is 1. The molecule has 1 saturated heterocycles. The average molecular weight is 354 g/mol. The lowest BCUT2D eigenvalue weighted by Crippen LogP contribution is -2.30. The molecule has 1 aromatic carbocycles. The van der Waals surface area contributed by atoms with Crippen LogP contribution in [0.5, 0.6) is 0 Å². The van der Waals surface area contributed by atoms with Gasteiger partial charge in [0.2, 0.25) is 10.0 Å². The summed E-state index contributed by atoms with van der Waals surface area (Å²) in [4.78, 5) is 14.3. The second-order valence-corrected chi connectivity index (χ2v) is 8.91. The second kappa shape index (κ2) is 7.21. The molecule has 0 unspecified atom stereocenters. The van der Waals surface area contributed by atoms with Gasteiger partial charge >= 0.3 is 0 Å². The summed E-state index contributed by atoms with van der Waals surface area (Å²) in [5.41, 5.74) is 0.860. The van der Waals surface area contributed by atoms with Crippen LogP contribution in [0.15, 0.2) is 24.3 Å². The lowest BCUT2D eigenvalue weighted by atomic mass is 9.98. The molecule has 1 heterocycles. The number of nitrogens with two attached hydrogens (primary N) is 1. The van der Waals surface area contributed by atoms with Gasteiger partial charge in [0.1, 0.15) is 0 Å². The third-order valence-electron chi connectivity index (χ3n) is 4.24. The zero-order valence-electron chi connectivity index (χ0n) is 14.2. The van der Waals surface area contributed by atoms with Gasteiger partial charge in [-0.3, -0.25) is 4.79 Å². The summed E-state index contributed by atoms with van der Waals surface area (Å²) >= 11 is 0. The number of aryl methyl sites for hydroxylation is 1. The number of carbonyl (C=O) groups excluding carboxylic acids is 1. The predicted molar refractivity (Wildman–Crippen MR) is 93.0 cm³/mol. The number of primary sulfonamides is 1.